The standard InChI is InChI=1S/C25H26FN5O/c1-15-4-2-3-11-31(15)18-6-8-20(21(26)13-18)22-14-29-24(27)23(30-22)17-5-7-19-16(12-17)9-10-28-25(19)32/h5-8,12-15H,2-4,9-11H2,1H3,(H2,27,29)(H,28,32)/t15-/m1/s1. The van der Waals surface area contributed by atoms with Crippen LogP contribution in [0.15, 0.2) is 42.6 Å². The number of rotatable bonds is 3. The zero-order chi connectivity index (χ0) is 22.2. The van der Waals surface area contributed by atoms with Crippen molar-refractivity contribution in [2.24, 2.45) is 0 Å². The topological polar surface area (TPSA) is 84.1 Å². The zero-order valence-electron chi connectivity index (χ0n) is 18.1. The summed E-state index contributed by atoms with van der Waals surface area (Å²) in [5.74, 6) is -0.128. The average molecular weight is 432 g/mol. The van der Waals surface area contributed by atoms with E-state index >= 15 is 4.39 Å². The molecule has 6 nitrogen and oxygen atoms in total. The Morgan fingerprint density at radius 3 is 2.81 bits per heavy atom. The van der Waals surface area contributed by atoms with Gasteiger partial charge in [0.25, 0.3) is 5.91 Å². The molecule has 7 heteroatoms. The van der Waals surface area contributed by atoms with Gasteiger partial charge in [0.1, 0.15) is 17.3 Å². The van der Waals surface area contributed by atoms with E-state index in [0.717, 1.165) is 42.6 Å². The molecule has 3 N–H and O–H groups in total. The molecule has 3 heterocycles. The van der Waals surface area contributed by atoms with Gasteiger partial charge in [-0.15, -0.1) is 0 Å². The van der Waals surface area contributed by atoms with Crippen molar-refractivity contribution in [3.63, 3.8) is 0 Å². The molecule has 0 saturated carbocycles. The van der Waals surface area contributed by atoms with Gasteiger partial charge in [-0.1, -0.05) is 6.07 Å². The number of nitrogen functional groups attached to an aromatic ring is 1. The number of nitrogens with two attached hydrogens (primary N) is 1. The maximum absolute atomic E-state index is 15.2. The predicted octanol–water partition coefficient (Wildman–Crippen LogP) is 4.20. The highest BCUT2D eigenvalue weighted by molar-refractivity contribution is 5.97. The lowest BCUT2D eigenvalue weighted by Gasteiger charge is -2.35. The minimum Gasteiger partial charge on any atom is -0.382 e. The van der Waals surface area contributed by atoms with Gasteiger partial charge < -0.3 is 16.0 Å². The van der Waals surface area contributed by atoms with Crippen LogP contribution in [-0.4, -0.2) is 35.0 Å². The normalized spacial score (nSPS) is 18.2. The molecule has 2 aliphatic rings. The molecule has 32 heavy (non-hydrogen) atoms. The fourth-order valence-corrected chi connectivity index (χ4v) is 4.69. The van der Waals surface area contributed by atoms with Crippen molar-refractivity contribution in [3.8, 4) is 22.5 Å². The lowest BCUT2D eigenvalue weighted by Crippen LogP contribution is -2.37. The molecule has 1 aromatic heterocycles. The molecule has 1 fully saturated rings. The number of fused-ring (bicyclic) bond motifs is 1. The Morgan fingerprint density at radius 2 is 2.00 bits per heavy atom. The monoisotopic (exact) mass is 431 g/mol. The molecule has 0 spiro atoms. The Bertz CT molecular complexity index is 1190. The number of halogens is 1. The summed E-state index contributed by atoms with van der Waals surface area (Å²) in [4.78, 5) is 23.2. The maximum Gasteiger partial charge on any atom is 0.251 e. The van der Waals surface area contributed by atoms with Crippen LogP contribution in [0.3, 0.4) is 0 Å². The van der Waals surface area contributed by atoms with Crippen LogP contribution in [0.25, 0.3) is 22.5 Å². The number of piperidine rings is 1. The third-order valence-corrected chi connectivity index (χ3v) is 6.47. The maximum atomic E-state index is 15.2. The van der Waals surface area contributed by atoms with Crippen molar-refractivity contribution in [2.75, 3.05) is 23.7 Å². The van der Waals surface area contributed by atoms with Crippen LogP contribution >= 0.6 is 0 Å². The second-order valence-electron chi connectivity index (χ2n) is 8.57. The number of nitrogens with zero attached hydrogens (tertiary/aromatic N) is 3. The molecule has 0 radical (unpaired) electrons. The fourth-order valence-electron chi connectivity index (χ4n) is 4.69. The van der Waals surface area contributed by atoms with Crippen molar-refractivity contribution in [1.82, 2.24) is 15.3 Å². The molecular formula is C25H26FN5O. The summed E-state index contributed by atoms with van der Waals surface area (Å²) >= 11 is 0. The number of amides is 1. The number of benzene rings is 2. The van der Waals surface area contributed by atoms with E-state index in [0.29, 0.717) is 35.1 Å². The summed E-state index contributed by atoms with van der Waals surface area (Å²) in [6.07, 6.45) is 5.72. The van der Waals surface area contributed by atoms with E-state index < -0.39 is 0 Å². The van der Waals surface area contributed by atoms with Crippen molar-refractivity contribution >= 4 is 17.4 Å². The Labute approximate surface area is 186 Å². The van der Waals surface area contributed by atoms with Gasteiger partial charge in [0.05, 0.1) is 11.9 Å². The summed E-state index contributed by atoms with van der Waals surface area (Å²) in [5, 5.41) is 2.84. The van der Waals surface area contributed by atoms with Gasteiger partial charge in [0, 0.05) is 41.5 Å². The quantitative estimate of drug-likeness (QED) is 0.649. The minimum absolute atomic E-state index is 0.0733. The molecule has 1 saturated heterocycles. The summed E-state index contributed by atoms with van der Waals surface area (Å²) in [6.45, 7) is 3.73. The highest BCUT2D eigenvalue weighted by Crippen LogP contribution is 2.32. The first kappa shape index (κ1) is 20.4. The Kier molecular flexibility index (Phi) is 5.25. The van der Waals surface area contributed by atoms with E-state index in [4.69, 9.17) is 5.73 Å². The molecule has 5 rings (SSSR count). The number of aromatic nitrogens is 2. The number of anilines is 2. The van der Waals surface area contributed by atoms with Crippen LogP contribution in [0.4, 0.5) is 15.9 Å². The van der Waals surface area contributed by atoms with E-state index in [1.54, 1.807) is 18.2 Å². The third kappa shape index (κ3) is 3.68. The molecule has 2 aromatic carbocycles. The van der Waals surface area contributed by atoms with Gasteiger partial charge in [0.15, 0.2) is 0 Å². The van der Waals surface area contributed by atoms with Crippen LogP contribution in [0, 0.1) is 5.82 Å². The second-order valence-corrected chi connectivity index (χ2v) is 8.57. The van der Waals surface area contributed by atoms with Crippen LogP contribution in [-0.2, 0) is 6.42 Å². The Balaban J connectivity index is 1.50. The lowest BCUT2D eigenvalue weighted by atomic mass is 9.96. The van der Waals surface area contributed by atoms with E-state index in [1.165, 1.54) is 12.6 Å². The van der Waals surface area contributed by atoms with Crippen LogP contribution in [0.2, 0.25) is 0 Å². The molecule has 0 bridgehead atoms. The highest BCUT2D eigenvalue weighted by atomic mass is 19.1. The van der Waals surface area contributed by atoms with Crippen LogP contribution in [0.5, 0.6) is 0 Å². The number of nitrogens with one attached hydrogen (secondary N) is 1. The minimum atomic E-state index is -0.326. The van der Waals surface area contributed by atoms with Crippen molar-refractivity contribution in [2.45, 2.75) is 38.6 Å². The van der Waals surface area contributed by atoms with E-state index in [-0.39, 0.29) is 17.5 Å². The Morgan fingerprint density at radius 1 is 1.16 bits per heavy atom. The summed E-state index contributed by atoms with van der Waals surface area (Å²) < 4.78 is 15.2. The molecular weight excluding hydrogens is 405 g/mol. The zero-order valence-corrected chi connectivity index (χ0v) is 18.1. The first-order valence-electron chi connectivity index (χ1n) is 11.1. The predicted molar refractivity (Wildman–Crippen MR) is 124 cm³/mol. The van der Waals surface area contributed by atoms with Gasteiger partial charge in [-0.25, -0.2) is 14.4 Å². The molecule has 0 aliphatic carbocycles. The summed E-state index contributed by atoms with van der Waals surface area (Å²) in [6, 6.07) is 11.2. The second kappa shape index (κ2) is 8.22. The number of hydrogen-bond acceptors (Lipinski definition) is 5. The van der Waals surface area contributed by atoms with Gasteiger partial charge in [0.2, 0.25) is 0 Å². The first-order chi connectivity index (χ1) is 15.5. The van der Waals surface area contributed by atoms with Crippen molar-refractivity contribution < 1.29 is 9.18 Å². The molecule has 1 amide bonds. The molecule has 0 unspecified atom stereocenters. The highest BCUT2D eigenvalue weighted by Gasteiger charge is 2.21. The molecule has 1 atom stereocenters. The van der Waals surface area contributed by atoms with E-state index in [9.17, 15) is 4.79 Å². The van der Waals surface area contributed by atoms with Crippen LogP contribution in [0.1, 0.15) is 42.1 Å². The summed E-state index contributed by atoms with van der Waals surface area (Å²) in [7, 11) is 0. The molecule has 3 aromatic rings. The molecule has 164 valence electrons. The van der Waals surface area contributed by atoms with Gasteiger partial charge >= 0.3 is 0 Å². The van der Waals surface area contributed by atoms with Crippen molar-refractivity contribution in [3.05, 3.63) is 59.5 Å². The smallest absolute Gasteiger partial charge is 0.251 e. The Hall–Kier alpha value is -3.48. The first-order valence-corrected chi connectivity index (χ1v) is 11.1. The van der Waals surface area contributed by atoms with Crippen molar-refractivity contribution in [1.29, 1.82) is 0 Å². The SMILES string of the molecule is C[C@@H]1CCCCN1c1ccc(-c2cnc(N)c(-c3ccc4c(c3)CCNC4=O)n2)c(F)c1. The summed E-state index contributed by atoms with van der Waals surface area (Å²) in [5.41, 5.74) is 10.7. The molecule has 2 aliphatic heterocycles. The lowest BCUT2D eigenvalue weighted by molar-refractivity contribution is 0.0946. The van der Waals surface area contributed by atoms with Gasteiger partial charge in [-0.05, 0) is 68.5 Å². The average Bonchev–Trinajstić information content (AvgIpc) is 2.80. The number of carbonyl (C=O) groups excluding carboxylic acids is 1. The number of carbonyl (C=O) groups is 1. The van der Waals surface area contributed by atoms with E-state index in [1.807, 2.05) is 18.2 Å². The third-order valence-electron chi connectivity index (χ3n) is 6.47. The van der Waals surface area contributed by atoms with E-state index in [2.05, 4.69) is 27.1 Å². The van der Waals surface area contributed by atoms with Crippen LogP contribution < -0.4 is 16.0 Å². The van der Waals surface area contributed by atoms with Gasteiger partial charge in [-0.3, -0.25) is 4.79 Å². The largest absolute Gasteiger partial charge is 0.382 e. The fraction of sp³-hybridized carbons (Fsp3) is 0.320. The van der Waals surface area contributed by atoms with Gasteiger partial charge in [-0.2, -0.15) is 0 Å². The number of hydrogen-bond donors (Lipinski definition) is 2.